The molecule has 1 aromatic rings. The molecule has 0 unspecified atom stereocenters. The Kier molecular flexibility index (Phi) is 11.3. The summed E-state index contributed by atoms with van der Waals surface area (Å²) in [6.45, 7) is 10.7. The molecule has 0 saturated carbocycles. The molecular weight excluding hydrogens is 475 g/mol. The van der Waals surface area contributed by atoms with Crippen LogP contribution in [0.2, 0.25) is 0 Å². The average molecular weight is 510 g/mol. The number of rotatable bonds is 7. The highest BCUT2D eigenvalue weighted by Gasteiger charge is 2.18. The second-order valence-electron chi connectivity index (χ2n) is 7.27. The Labute approximate surface area is 192 Å². The number of guanidine groups is 1. The number of hydrogen-bond donors (Lipinski definition) is 1. The van der Waals surface area contributed by atoms with Gasteiger partial charge in [0, 0.05) is 45.8 Å². The molecule has 1 N–H and O–H groups in total. The Bertz CT molecular complexity index is 667. The standard InChI is InChI=1S/C23H34N4O.HI/c1-2-24-23(25-13-10-22-11-19-28-20-12-22)27-17-15-26(16-18-27)14-6-9-21-7-4-3-5-8-21;/h3-9,11H,2,10,12-20H2,1H3,(H,24,25);1H/b9-6+;. The van der Waals surface area contributed by atoms with E-state index >= 15 is 0 Å². The first-order chi connectivity index (χ1) is 13.8. The molecule has 0 bridgehead atoms. The van der Waals surface area contributed by atoms with Crippen molar-refractivity contribution in [2.75, 3.05) is 59.0 Å². The van der Waals surface area contributed by atoms with Crippen LogP contribution in [0.25, 0.3) is 6.08 Å². The van der Waals surface area contributed by atoms with Gasteiger partial charge in [-0.15, -0.1) is 24.0 Å². The van der Waals surface area contributed by atoms with Gasteiger partial charge in [0.05, 0.1) is 13.2 Å². The molecular formula is C23H35IN4O. The van der Waals surface area contributed by atoms with Gasteiger partial charge in [0.2, 0.25) is 0 Å². The fraction of sp³-hybridized carbons (Fsp3) is 0.522. The van der Waals surface area contributed by atoms with Crippen molar-refractivity contribution in [3.63, 3.8) is 0 Å². The molecule has 0 amide bonds. The molecule has 160 valence electrons. The second-order valence-corrected chi connectivity index (χ2v) is 7.27. The molecule has 0 radical (unpaired) electrons. The van der Waals surface area contributed by atoms with Crippen molar-refractivity contribution in [3.05, 3.63) is 53.6 Å². The van der Waals surface area contributed by atoms with Crippen LogP contribution in [0.15, 0.2) is 53.0 Å². The van der Waals surface area contributed by atoms with Gasteiger partial charge in [-0.05, 0) is 25.3 Å². The van der Waals surface area contributed by atoms with Crippen LogP contribution in [0.5, 0.6) is 0 Å². The van der Waals surface area contributed by atoms with Gasteiger partial charge in [0.25, 0.3) is 0 Å². The first kappa shape index (κ1) is 23.9. The summed E-state index contributed by atoms with van der Waals surface area (Å²) in [6, 6.07) is 10.5. The van der Waals surface area contributed by atoms with Gasteiger partial charge in [-0.3, -0.25) is 9.89 Å². The van der Waals surface area contributed by atoms with Gasteiger partial charge in [0.15, 0.2) is 5.96 Å². The van der Waals surface area contributed by atoms with E-state index in [9.17, 15) is 0 Å². The third-order valence-corrected chi connectivity index (χ3v) is 5.23. The summed E-state index contributed by atoms with van der Waals surface area (Å²) < 4.78 is 5.38. The topological polar surface area (TPSA) is 40.1 Å². The monoisotopic (exact) mass is 510 g/mol. The average Bonchev–Trinajstić information content (AvgIpc) is 2.75. The van der Waals surface area contributed by atoms with Crippen molar-refractivity contribution in [2.24, 2.45) is 4.99 Å². The van der Waals surface area contributed by atoms with Crippen LogP contribution in [0.3, 0.4) is 0 Å². The summed E-state index contributed by atoms with van der Waals surface area (Å²) >= 11 is 0. The fourth-order valence-electron chi connectivity index (χ4n) is 3.57. The summed E-state index contributed by atoms with van der Waals surface area (Å²) in [4.78, 5) is 9.78. The molecule has 0 aliphatic carbocycles. The molecule has 5 nitrogen and oxygen atoms in total. The van der Waals surface area contributed by atoms with Gasteiger partial charge in [-0.25, -0.2) is 0 Å². The Morgan fingerprint density at radius 3 is 2.66 bits per heavy atom. The zero-order valence-electron chi connectivity index (χ0n) is 17.6. The minimum Gasteiger partial charge on any atom is -0.377 e. The predicted octanol–water partition coefficient (Wildman–Crippen LogP) is 3.64. The van der Waals surface area contributed by atoms with E-state index in [1.54, 1.807) is 0 Å². The molecule has 1 saturated heterocycles. The van der Waals surface area contributed by atoms with Crippen molar-refractivity contribution in [2.45, 2.75) is 19.8 Å². The number of piperazine rings is 1. The number of nitrogens with one attached hydrogen (secondary N) is 1. The third kappa shape index (κ3) is 8.48. The normalized spacial score (nSPS) is 18.4. The molecule has 2 aliphatic heterocycles. The van der Waals surface area contributed by atoms with Gasteiger partial charge in [-0.1, -0.05) is 54.1 Å². The van der Waals surface area contributed by atoms with E-state index < -0.39 is 0 Å². The lowest BCUT2D eigenvalue weighted by atomic mass is 10.1. The lowest BCUT2D eigenvalue weighted by Crippen LogP contribution is -2.52. The molecule has 2 aliphatic rings. The molecule has 29 heavy (non-hydrogen) atoms. The van der Waals surface area contributed by atoms with E-state index in [4.69, 9.17) is 9.73 Å². The first-order valence-electron chi connectivity index (χ1n) is 10.6. The number of halogens is 1. The molecule has 0 spiro atoms. The number of benzene rings is 1. The van der Waals surface area contributed by atoms with E-state index in [-0.39, 0.29) is 24.0 Å². The predicted molar refractivity (Wildman–Crippen MR) is 133 cm³/mol. The second kappa shape index (κ2) is 13.8. The number of aliphatic imine (C=N–C) groups is 1. The van der Waals surface area contributed by atoms with E-state index in [0.717, 1.165) is 77.8 Å². The first-order valence-corrected chi connectivity index (χ1v) is 10.6. The third-order valence-electron chi connectivity index (χ3n) is 5.23. The minimum absolute atomic E-state index is 0. The highest BCUT2D eigenvalue weighted by atomic mass is 127. The number of ether oxygens (including phenoxy) is 1. The summed E-state index contributed by atoms with van der Waals surface area (Å²) in [7, 11) is 0. The minimum atomic E-state index is 0. The molecule has 1 aromatic carbocycles. The Morgan fingerprint density at radius 2 is 1.97 bits per heavy atom. The van der Waals surface area contributed by atoms with Gasteiger partial charge in [-0.2, -0.15) is 0 Å². The van der Waals surface area contributed by atoms with E-state index in [0.29, 0.717) is 0 Å². The van der Waals surface area contributed by atoms with Crippen LogP contribution in [0, 0.1) is 0 Å². The summed E-state index contributed by atoms with van der Waals surface area (Å²) in [6.07, 6.45) is 8.80. The highest BCUT2D eigenvalue weighted by Crippen LogP contribution is 2.12. The summed E-state index contributed by atoms with van der Waals surface area (Å²) in [5.74, 6) is 1.06. The maximum atomic E-state index is 5.38. The van der Waals surface area contributed by atoms with Crippen LogP contribution in [0.4, 0.5) is 0 Å². The maximum absolute atomic E-state index is 5.38. The van der Waals surface area contributed by atoms with E-state index in [2.05, 4.69) is 70.6 Å². The van der Waals surface area contributed by atoms with Gasteiger partial charge >= 0.3 is 0 Å². The van der Waals surface area contributed by atoms with Crippen LogP contribution in [-0.4, -0.2) is 74.8 Å². The van der Waals surface area contributed by atoms with Gasteiger partial charge < -0.3 is 15.0 Å². The highest BCUT2D eigenvalue weighted by molar-refractivity contribution is 14.0. The zero-order valence-corrected chi connectivity index (χ0v) is 19.9. The largest absolute Gasteiger partial charge is 0.377 e. The molecule has 1 fully saturated rings. The van der Waals surface area contributed by atoms with Crippen LogP contribution < -0.4 is 5.32 Å². The van der Waals surface area contributed by atoms with Gasteiger partial charge in [0.1, 0.15) is 0 Å². The maximum Gasteiger partial charge on any atom is 0.194 e. The molecule has 6 heteroatoms. The lowest BCUT2D eigenvalue weighted by molar-refractivity contribution is 0.153. The molecule has 2 heterocycles. The Balaban J connectivity index is 0.00000300. The van der Waals surface area contributed by atoms with Crippen molar-refractivity contribution in [1.29, 1.82) is 0 Å². The van der Waals surface area contributed by atoms with Crippen molar-refractivity contribution < 1.29 is 4.74 Å². The fourth-order valence-corrected chi connectivity index (χ4v) is 3.57. The van der Waals surface area contributed by atoms with Crippen LogP contribution >= 0.6 is 24.0 Å². The van der Waals surface area contributed by atoms with Crippen molar-refractivity contribution in [3.8, 4) is 0 Å². The molecule has 3 rings (SSSR count). The van der Waals surface area contributed by atoms with Crippen LogP contribution in [-0.2, 0) is 4.74 Å². The zero-order chi connectivity index (χ0) is 19.4. The Hall–Kier alpha value is -1.38. The smallest absolute Gasteiger partial charge is 0.194 e. The van der Waals surface area contributed by atoms with E-state index in [1.807, 2.05) is 0 Å². The van der Waals surface area contributed by atoms with E-state index in [1.165, 1.54) is 11.1 Å². The SMILES string of the molecule is CCNC(=NCCC1=CCOCC1)N1CCN(C/C=C/c2ccccc2)CC1.I. The summed E-state index contributed by atoms with van der Waals surface area (Å²) in [5.41, 5.74) is 2.75. The number of hydrogen-bond acceptors (Lipinski definition) is 3. The van der Waals surface area contributed by atoms with Crippen molar-refractivity contribution in [1.82, 2.24) is 15.1 Å². The van der Waals surface area contributed by atoms with Crippen LogP contribution in [0.1, 0.15) is 25.3 Å². The van der Waals surface area contributed by atoms with Crippen molar-refractivity contribution >= 4 is 36.0 Å². The molecule has 0 atom stereocenters. The lowest BCUT2D eigenvalue weighted by Gasteiger charge is -2.36. The summed E-state index contributed by atoms with van der Waals surface area (Å²) in [5, 5.41) is 3.47. The molecule has 0 aromatic heterocycles. The quantitative estimate of drug-likeness (QED) is 0.263. The number of nitrogens with zero attached hydrogens (tertiary/aromatic N) is 3. The Morgan fingerprint density at radius 1 is 1.17 bits per heavy atom.